The number of carbonyl (C=O) groups excluding carboxylic acids is 1. The van der Waals surface area contributed by atoms with Crippen LogP contribution in [0, 0.1) is 0 Å². The molecule has 4 rings (SSSR count). The van der Waals surface area contributed by atoms with Gasteiger partial charge in [0.1, 0.15) is 30.3 Å². The van der Waals surface area contributed by atoms with Crippen LogP contribution in [0.15, 0.2) is 73.1 Å². The van der Waals surface area contributed by atoms with Gasteiger partial charge >= 0.3 is 12.3 Å². The van der Waals surface area contributed by atoms with Crippen molar-refractivity contribution < 1.29 is 54.3 Å². The molecule has 0 aliphatic rings. The van der Waals surface area contributed by atoms with E-state index in [-0.39, 0.29) is 55.9 Å². The molecule has 4 aromatic rings. The Bertz CT molecular complexity index is 1820. The summed E-state index contributed by atoms with van der Waals surface area (Å²) in [5, 5.41) is 0. The Hall–Kier alpha value is -4.60. The van der Waals surface area contributed by atoms with Crippen LogP contribution in [-0.4, -0.2) is 56.2 Å². The third-order valence-corrected chi connectivity index (χ3v) is 7.21. The van der Waals surface area contributed by atoms with E-state index in [0.29, 0.717) is 11.9 Å². The lowest BCUT2D eigenvalue weighted by molar-refractivity contribution is -0.137. The van der Waals surface area contributed by atoms with Gasteiger partial charge in [-0.3, -0.25) is 8.75 Å². The molecule has 0 amide bonds. The zero-order valence-corrected chi connectivity index (χ0v) is 28.4. The number of methoxy groups -OCH3 is 1. The maximum Gasteiger partial charge on any atom is 0.419 e. The topological polar surface area (TPSA) is 124 Å². The highest BCUT2D eigenvalue weighted by molar-refractivity contribution is 7.85. The fourth-order valence-corrected chi connectivity index (χ4v) is 4.67. The summed E-state index contributed by atoms with van der Waals surface area (Å²) >= 11 is 0. The largest absolute Gasteiger partial charge is 0.497 e. The summed E-state index contributed by atoms with van der Waals surface area (Å²) in [6.07, 6.45) is -2.82. The summed E-state index contributed by atoms with van der Waals surface area (Å²) in [6, 6.07) is 16.6. The number of hydrogen-bond acceptors (Lipinski definition) is 10. The average molecular weight is 707 g/mol. The number of ether oxygens (including phenoxy) is 5. The van der Waals surface area contributed by atoms with E-state index >= 15 is 0 Å². The van der Waals surface area contributed by atoms with Crippen molar-refractivity contribution >= 4 is 16.2 Å². The van der Waals surface area contributed by atoms with Gasteiger partial charge in [0.2, 0.25) is 5.88 Å². The number of aromatic nitrogens is 2. The maximum atomic E-state index is 13.8. The summed E-state index contributed by atoms with van der Waals surface area (Å²) in [5.74, 6) is 0.877. The highest BCUT2D eigenvalue weighted by Gasteiger charge is 2.35. The summed E-state index contributed by atoms with van der Waals surface area (Å²) in [7, 11) is -1.99. The minimum absolute atomic E-state index is 0.0314. The van der Waals surface area contributed by atoms with Gasteiger partial charge in [-0.25, -0.2) is 9.78 Å². The minimum atomic E-state index is -4.74. The van der Waals surface area contributed by atoms with Gasteiger partial charge in [0, 0.05) is 18.5 Å². The molecule has 0 aliphatic carbocycles. The molecule has 0 bridgehead atoms. The average Bonchev–Trinajstić information content (AvgIpc) is 3.49. The fraction of sp³-hybridized carbons (Fsp3) is 0.353. The number of rotatable bonds is 14. The molecular formula is C34H37F3N2O9S. The van der Waals surface area contributed by atoms with Crippen LogP contribution in [0.25, 0.3) is 11.3 Å². The summed E-state index contributed by atoms with van der Waals surface area (Å²) in [4.78, 5) is 17.4. The Morgan fingerprint density at radius 1 is 0.857 bits per heavy atom. The van der Waals surface area contributed by atoms with Crippen LogP contribution in [0.3, 0.4) is 0 Å². The molecule has 264 valence electrons. The van der Waals surface area contributed by atoms with E-state index in [1.54, 1.807) is 45.0 Å². The molecule has 49 heavy (non-hydrogen) atoms. The molecule has 0 aliphatic heterocycles. The standard InChI is InChI=1S/C34H37F3N2O9S/c1-33(2,3)48-32(40)39-19-26(34(35,36)37)16-29(39)28-18-38-31(17-30(28)45-21-25-10-12-27(43-4)13-11-25)46-22-24-8-6-23(7-9-24)20-44-14-15-47-49(5,41)42/h6-13,16-19H,14-15,20-22H2,1-5H3. The number of alkyl halides is 3. The first-order valence-corrected chi connectivity index (χ1v) is 16.7. The Kier molecular flexibility index (Phi) is 12.0. The second kappa shape index (κ2) is 15.7. The van der Waals surface area contributed by atoms with E-state index in [1.165, 1.54) is 19.4 Å². The van der Waals surface area contributed by atoms with Gasteiger partial charge in [-0.2, -0.15) is 21.6 Å². The van der Waals surface area contributed by atoms with Gasteiger partial charge in [0.25, 0.3) is 10.1 Å². The first kappa shape index (κ1) is 37.2. The minimum Gasteiger partial charge on any atom is -0.497 e. The number of benzene rings is 2. The van der Waals surface area contributed by atoms with Crippen molar-refractivity contribution in [2.45, 2.75) is 52.4 Å². The molecule has 0 spiro atoms. The highest BCUT2D eigenvalue weighted by atomic mass is 32.2. The quantitative estimate of drug-likeness (QED) is 0.0999. The molecule has 0 radical (unpaired) electrons. The van der Waals surface area contributed by atoms with Crippen molar-refractivity contribution in [1.82, 2.24) is 9.55 Å². The second-order valence-corrected chi connectivity index (χ2v) is 13.4. The van der Waals surface area contributed by atoms with E-state index in [1.807, 2.05) is 24.3 Å². The molecule has 0 unspecified atom stereocenters. The zero-order chi connectivity index (χ0) is 35.8. The maximum absolute atomic E-state index is 13.8. The number of hydrogen-bond donors (Lipinski definition) is 0. The van der Waals surface area contributed by atoms with Gasteiger partial charge in [-0.05, 0) is 55.7 Å². The van der Waals surface area contributed by atoms with Crippen LogP contribution in [0.4, 0.5) is 18.0 Å². The molecule has 2 heterocycles. The Morgan fingerprint density at radius 3 is 2.02 bits per heavy atom. The van der Waals surface area contributed by atoms with Crippen molar-refractivity contribution in [3.63, 3.8) is 0 Å². The van der Waals surface area contributed by atoms with Gasteiger partial charge in [0.15, 0.2) is 0 Å². The first-order chi connectivity index (χ1) is 23.0. The monoisotopic (exact) mass is 706 g/mol. The lowest BCUT2D eigenvalue weighted by Crippen LogP contribution is -2.27. The van der Waals surface area contributed by atoms with Gasteiger partial charge in [-0.1, -0.05) is 36.4 Å². The number of pyridine rings is 1. The second-order valence-electron chi connectivity index (χ2n) is 11.8. The molecule has 2 aromatic carbocycles. The van der Waals surface area contributed by atoms with E-state index in [9.17, 15) is 26.4 Å². The van der Waals surface area contributed by atoms with Crippen molar-refractivity contribution in [1.29, 1.82) is 0 Å². The highest BCUT2D eigenvalue weighted by Crippen LogP contribution is 2.38. The summed E-state index contributed by atoms with van der Waals surface area (Å²) in [5.41, 5.74) is 0.318. The summed E-state index contributed by atoms with van der Waals surface area (Å²) < 4.78 is 97.0. The number of nitrogens with zero attached hydrogens (tertiary/aromatic N) is 2. The molecule has 0 fully saturated rings. The van der Waals surface area contributed by atoms with E-state index < -0.39 is 33.6 Å². The molecule has 0 atom stereocenters. The van der Waals surface area contributed by atoms with E-state index in [0.717, 1.165) is 33.6 Å². The molecule has 0 N–H and O–H groups in total. The third kappa shape index (κ3) is 11.5. The Balaban J connectivity index is 1.56. The smallest absolute Gasteiger partial charge is 0.419 e. The molecule has 11 nitrogen and oxygen atoms in total. The number of halogens is 3. The normalized spacial score (nSPS) is 12.1. The predicted octanol–water partition coefficient (Wildman–Crippen LogP) is 7.01. The Labute approximate surface area is 282 Å². The van der Waals surface area contributed by atoms with Crippen LogP contribution in [0.2, 0.25) is 0 Å². The van der Waals surface area contributed by atoms with Crippen molar-refractivity contribution in [3.05, 3.63) is 95.3 Å². The first-order valence-electron chi connectivity index (χ1n) is 14.9. The van der Waals surface area contributed by atoms with Crippen molar-refractivity contribution in [3.8, 4) is 28.6 Å². The van der Waals surface area contributed by atoms with Crippen molar-refractivity contribution in [2.24, 2.45) is 0 Å². The third-order valence-electron chi connectivity index (χ3n) is 6.61. The molecule has 0 saturated heterocycles. The molecule has 0 saturated carbocycles. The van der Waals surface area contributed by atoms with Crippen LogP contribution in [0.1, 0.15) is 43.0 Å². The fourth-order valence-electron chi connectivity index (χ4n) is 4.30. The SMILES string of the molecule is COc1ccc(COc2cc(OCc3ccc(COCCOS(C)(=O)=O)cc3)ncc2-c2cc(C(F)(F)F)cn2C(=O)OC(C)(C)C)cc1. The van der Waals surface area contributed by atoms with Crippen LogP contribution >= 0.6 is 0 Å². The zero-order valence-electron chi connectivity index (χ0n) is 27.6. The van der Waals surface area contributed by atoms with Crippen LogP contribution in [0.5, 0.6) is 17.4 Å². The van der Waals surface area contributed by atoms with Crippen LogP contribution < -0.4 is 14.2 Å². The van der Waals surface area contributed by atoms with Gasteiger partial charge in [-0.15, -0.1) is 0 Å². The van der Waals surface area contributed by atoms with E-state index in [2.05, 4.69) is 9.17 Å². The van der Waals surface area contributed by atoms with Crippen molar-refractivity contribution in [2.75, 3.05) is 26.6 Å². The van der Waals surface area contributed by atoms with Crippen LogP contribution in [-0.2, 0) is 49.8 Å². The lowest BCUT2D eigenvalue weighted by atomic mass is 10.1. The lowest BCUT2D eigenvalue weighted by Gasteiger charge is -2.21. The summed E-state index contributed by atoms with van der Waals surface area (Å²) in [6.45, 7) is 5.21. The Morgan fingerprint density at radius 2 is 1.45 bits per heavy atom. The predicted molar refractivity (Wildman–Crippen MR) is 173 cm³/mol. The van der Waals surface area contributed by atoms with Gasteiger partial charge in [0.05, 0.1) is 50.0 Å². The van der Waals surface area contributed by atoms with Gasteiger partial charge < -0.3 is 23.7 Å². The van der Waals surface area contributed by atoms with E-state index in [4.69, 9.17) is 23.7 Å². The molecular weight excluding hydrogens is 669 g/mol. The molecule has 15 heteroatoms. The molecule has 2 aromatic heterocycles. The number of carbonyl (C=O) groups is 1.